The molecule has 1 heterocycles. The predicted octanol–water partition coefficient (Wildman–Crippen LogP) is 1.58. The van der Waals surface area contributed by atoms with Crippen molar-refractivity contribution in [2.75, 3.05) is 7.11 Å². The van der Waals surface area contributed by atoms with Gasteiger partial charge in [-0.3, -0.25) is 0 Å². The molecule has 1 fully saturated rings. The molecule has 1 saturated heterocycles. The molecule has 11 heteroatoms. The van der Waals surface area contributed by atoms with Gasteiger partial charge in [-0.15, -0.1) is 0 Å². The van der Waals surface area contributed by atoms with Gasteiger partial charge in [0.2, 0.25) is 12.0 Å². The monoisotopic (exact) mass is 508 g/mol. The third kappa shape index (κ3) is 6.18. The normalized spacial score (nSPS) is 25.6. The summed E-state index contributed by atoms with van der Waals surface area (Å²) in [6, 6.07) is 10.00. The lowest BCUT2D eigenvalue weighted by atomic mass is 9.85. The van der Waals surface area contributed by atoms with Crippen molar-refractivity contribution in [1.82, 2.24) is 0 Å². The number of hydrogen-bond donors (Lipinski definition) is 6. The van der Waals surface area contributed by atoms with Gasteiger partial charge in [0.1, 0.15) is 18.3 Å². The van der Waals surface area contributed by atoms with Crippen LogP contribution in [0.5, 0.6) is 23.0 Å². The van der Waals surface area contributed by atoms with Gasteiger partial charge >= 0.3 is 5.97 Å². The molecule has 36 heavy (non-hydrogen) atoms. The summed E-state index contributed by atoms with van der Waals surface area (Å²) >= 11 is 0. The highest BCUT2D eigenvalue weighted by Gasteiger charge is 2.48. The molecule has 198 valence electrons. The van der Waals surface area contributed by atoms with Crippen LogP contribution in [0.1, 0.15) is 25.0 Å². The summed E-state index contributed by atoms with van der Waals surface area (Å²) in [4.78, 5) is 15.5. The molecule has 0 radical (unpaired) electrons. The molecular formula is C25H32O11. The van der Waals surface area contributed by atoms with Gasteiger partial charge < -0.3 is 44.6 Å². The van der Waals surface area contributed by atoms with Gasteiger partial charge in [-0.1, -0.05) is 26.0 Å². The van der Waals surface area contributed by atoms with Gasteiger partial charge in [-0.2, -0.15) is 0 Å². The molecule has 1 aliphatic rings. The molecule has 2 aromatic carbocycles. The molecule has 2 aromatic rings. The second-order valence-corrected chi connectivity index (χ2v) is 9.09. The number of phenols is 1. The Morgan fingerprint density at radius 1 is 0.917 bits per heavy atom. The Kier molecular flexibility index (Phi) is 8.98. The van der Waals surface area contributed by atoms with Crippen molar-refractivity contribution >= 4 is 5.97 Å². The smallest absolute Gasteiger partial charge is 0.335 e. The van der Waals surface area contributed by atoms with E-state index in [4.69, 9.17) is 19.5 Å². The van der Waals surface area contributed by atoms with Crippen molar-refractivity contribution in [2.45, 2.75) is 57.4 Å². The number of ether oxygens (including phenoxy) is 3. The number of hydrogen-bond acceptors (Lipinski definition) is 10. The Labute approximate surface area is 208 Å². The van der Waals surface area contributed by atoms with Gasteiger partial charge in [-0.05, 0) is 60.1 Å². The van der Waals surface area contributed by atoms with Gasteiger partial charge in [0.05, 0.1) is 7.11 Å². The number of aromatic hydroxyl groups is 1. The van der Waals surface area contributed by atoms with Crippen molar-refractivity contribution in [1.29, 1.82) is 0 Å². The minimum atomic E-state index is -1.82. The number of carboxylic acids is 1. The van der Waals surface area contributed by atoms with E-state index in [1.54, 1.807) is 24.3 Å². The Morgan fingerprint density at radius 2 is 1.50 bits per heavy atom. The van der Waals surface area contributed by atoms with E-state index in [1.165, 1.54) is 13.2 Å². The molecule has 2 unspecified atom stereocenters. The van der Waals surface area contributed by atoms with Crippen molar-refractivity contribution < 1.29 is 54.7 Å². The zero-order chi connectivity index (χ0) is 26.6. The largest absolute Gasteiger partial charge is 0.504 e. The van der Waals surface area contributed by atoms with Gasteiger partial charge in [-0.25, -0.2) is 10.1 Å². The molecule has 7 atom stereocenters. The van der Waals surface area contributed by atoms with Crippen molar-refractivity contribution in [2.24, 2.45) is 11.8 Å². The molecule has 0 spiro atoms. The summed E-state index contributed by atoms with van der Waals surface area (Å²) in [6.07, 6.45) is -7.32. The topological polar surface area (TPSA) is 175 Å². The standard InChI is InChI=1S/C25H32O11/c1-12(8-14-4-6-17(36-32)16(26)10-14)13(2)9-15-5-7-18(33-3)19(11-15)34-25-22(29)20(27)21(28)23(35-25)24(30)31/h4-7,10-13,20-23,25-29,32H,8-9H2,1-3H3,(H,30,31)/t12?,13?,20-,21-,22+,23-,25+/m0/s1. The molecular weight excluding hydrogens is 476 g/mol. The predicted molar refractivity (Wildman–Crippen MR) is 125 cm³/mol. The summed E-state index contributed by atoms with van der Waals surface area (Å²) in [5, 5.41) is 58.1. The maximum atomic E-state index is 11.4. The molecule has 3 rings (SSSR count). The molecule has 0 aliphatic carbocycles. The zero-order valence-corrected chi connectivity index (χ0v) is 20.1. The van der Waals surface area contributed by atoms with Crippen LogP contribution < -0.4 is 14.4 Å². The van der Waals surface area contributed by atoms with E-state index in [1.807, 2.05) is 6.07 Å². The molecule has 0 aromatic heterocycles. The number of rotatable bonds is 10. The van der Waals surface area contributed by atoms with Crippen LogP contribution in [-0.2, 0) is 22.4 Å². The average Bonchev–Trinajstić information content (AvgIpc) is 2.84. The number of aliphatic hydroxyl groups excluding tert-OH is 3. The van der Waals surface area contributed by atoms with E-state index in [9.17, 15) is 30.3 Å². The first-order valence-corrected chi connectivity index (χ1v) is 11.4. The van der Waals surface area contributed by atoms with Gasteiger partial charge in [0, 0.05) is 0 Å². The van der Waals surface area contributed by atoms with Crippen LogP contribution in [0.15, 0.2) is 36.4 Å². The maximum Gasteiger partial charge on any atom is 0.335 e. The quantitative estimate of drug-likeness (QED) is 0.203. The molecule has 0 bridgehead atoms. The Morgan fingerprint density at radius 3 is 2.03 bits per heavy atom. The number of carboxylic acid groups (broad SMARTS) is 1. The van der Waals surface area contributed by atoms with E-state index in [0.29, 0.717) is 18.6 Å². The number of phenolic OH excluding ortho intramolecular Hbond substituents is 1. The van der Waals surface area contributed by atoms with Crippen LogP contribution in [0.2, 0.25) is 0 Å². The molecule has 1 aliphatic heterocycles. The summed E-state index contributed by atoms with van der Waals surface area (Å²) in [5.74, 6) is -0.797. The van der Waals surface area contributed by atoms with Crippen LogP contribution in [-0.4, -0.2) is 74.6 Å². The summed E-state index contributed by atoms with van der Waals surface area (Å²) in [6.45, 7) is 4.15. The van der Waals surface area contributed by atoms with Crippen LogP contribution in [0.25, 0.3) is 0 Å². The lowest BCUT2D eigenvalue weighted by Crippen LogP contribution is -2.61. The lowest BCUT2D eigenvalue weighted by molar-refractivity contribution is -0.271. The Bertz CT molecular complexity index is 1040. The minimum Gasteiger partial charge on any atom is -0.504 e. The summed E-state index contributed by atoms with van der Waals surface area (Å²) < 4.78 is 16.2. The highest BCUT2D eigenvalue weighted by molar-refractivity contribution is 5.73. The number of benzene rings is 2. The minimum absolute atomic E-state index is 0.0195. The first kappa shape index (κ1) is 27.5. The maximum absolute atomic E-state index is 11.4. The van der Waals surface area contributed by atoms with Crippen LogP contribution >= 0.6 is 0 Å². The van der Waals surface area contributed by atoms with Crippen LogP contribution in [0.4, 0.5) is 0 Å². The van der Waals surface area contributed by atoms with Crippen molar-refractivity contribution in [3.8, 4) is 23.0 Å². The molecule has 0 saturated carbocycles. The van der Waals surface area contributed by atoms with E-state index in [-0.39, 0.29) is 29.1 Å². The summed E-state index contributed by atoms with van der Waals surface area (Å²) in [5.41, 5.74) is 1.75. The average molecular weight is 509 g/mol. The van der Waals surface area contributed by atoms with Crippen LogP contribution in [0.3, 0.4) is 0 Å². The summed E-state index contributed by atoms with van der Waals surface area (Å²) in [7, 11) is 1.42. The van der Waals surface area contributed by atoms with Gasteiger partial charge in [0.15, 0.2) is 23.4 Å². The second-order valence-electron chi connectivity index (χ2n) is 9.09. The molecule has 0 amide bonds. The van der Waals surface area contributed by atoms with Crippen LogP contribution in [0, 0.1) is 11.8 Å². The fourth-order valence-electron chi connectivity index (χ4n) is 4.13. The van der Waals surface area contributed by atoms with E-state index >= 15 is 0 Å². The first-order valence-electron chi connectivity index (χ1n) is 11.4. The van der Waals surface area contributed by atoms with Gasteiger partial charge in [0.25, 0.3) is 0 Å². The lowest BCUT2D eigenvalue weighted by Gasteiger charge is -2.38. The fourth-order valence-corrected chi connectivity index (χ4v) is 4.13. The van der Waals surface area contributed by atoms with E-state index in [2.05, 4.69) is 18.7 Å². The second kappa shape index (κ2) is 11.8. The number of carbonyl (C=O) groups is 1. The van der Waals surface area contributed by atoms with E-state index < -0.39 is 36.7 Å². The number of aliphatic hydroxyl groups is 3. The highest BCUT2D eigenvalue weighted by Crippen LogP contribution is 2.34. The Hall–Kier alpha value is -3.09. The first-order chi connectivity index (χ1) is 17.0. The number of methoxy groups -OCH3 is 1. The Balaban J connectivity index is 1.72. The zero-order valence-electron chi connectivity index (χ0n) is 20.1. The third-order valence-electron chi connectivity index (χ3n) is 6.49. The molecule has 6 N–H and O–H groups in total. The van der Waals surface area contributed by atoms with E-state index in [0.717, 1.165) is 11.1 Å². The van der Waals surface area contributed by atoms with Crippen molar-refractivity contribution in [3.63, 3.8) is 0 Å². The SMILES string of the molecule is COc1ccc(CC(C)C(C)Cc2ccc(OO)c(O)c2)cc1O[C@@H]1O[C@H](C(=O)O)[C@@H](O)[C@H](O)[C@H]1O. The fraction of sp³-hybridized carbons (Fsp3) is 0.480. The third-order valence-corrected chi connectivity index (χ3v) is 6.49. The highest BCUT2D eigenvalue weighted by atomic mass is 17.1. The van der Waals surface area contributed by atoms with Crippen molar-refractivity contribution in [3.05, 3.63) is 47.5 Å². The molecule has 11 nitrogen and oxygen atoms in total. The number of aliphatic carboxylic acids is 1.